The van der Waals surface area contributed by atoms with Crippen molar-refractivity contribution in [1.29, 1.82) is 0 Å². The lowest BCUT2D eigenvalue weighted by atomic mass is 9.93. The van der Waals surface area contributed by atoms with E-state index in [4.69, 9.17) is 14.4 Å². The van der Waals surface area contributed by atoms with Crippen molar-refractivity contribution in [2.45, 2.75) is 0 Å². The molecule has 9 aromatic rings. The molecule has 0 saturated heterocycles. The van der Waals surface area contributed by atoms with Crippen LogP contribution in [0.15, 0.2) is 181 Å². The minimum Gasteiger partial charge on any atom is -0.455 e. The summed E-state index contributed by atoms with van der Waals surface area (Å²) in [6.45, 7) is 0. The molecule has 3 heterocycles. The average molecular weight is 628 g/mol. The first kappa shape index (κ1) is 28.6. The SMILES string of the molecule is c1ccc(-c2cc(-c3cc(-c4ccc(-c5cccnc5)cc4)nc(-c4ccccc4)n3)cc(-c3cccc4c3oc3ccccc34)c2)cc1. The van der Waals surface area contributed by atoms with Gasteiger partial charge >= 0.3 is 0 Å². The number of para-hydroxylation sites is 2. The molecule has 0 aliphatic heterocycles. The summed E-state index contributed by atoms with van der Waals surface area (Å²) in [5, 5.41) is 2.21. The van der Waals surface area contributed by atoms with Crippen LogP contribution in [0.25, 0.3) is 89.2 Å². The molecule has 0 amide bonds. The third kappa shape index (κ3) is 5.45. The topological polar surface area (TPSA) is 51.8 Å². The lowest BCUT2D eigenvalue weighted by Crippen LogP contribution is -1.96. The van der Waals surface area contributed by atoms with Gasteiger partial charge in [0.15, 0.2) is 5.82 Å². The molecule has 3 aromatic heterocycles. The zero-order chi connectivity index (χ0) is 32.6. The number of hydrogen-bond donors (Lipinski definition) is 0. The van der Waals surface area contributed by atoms with Crippen LogP contribution in [0.2, 0.25) is 0 Å². The maximum Gasteiger partial charge on any atom is 0.160 e. The fraction of sp³-hybridized carbons (Fsp3) is 0. The van der Waals surface area contributed by atoms with Crippen LogP contribution in [0.4, 0.5) is 0 Å². The smallest absolute Gasteiger partial charge is 0.160 e. The van der Waals surface area contributed by atoms with Gasteiger partial charge in [-0.3, -0.25) is 4.98 Å². The second-order valence-electron chi connectivity index (χ2n) is 12.1. The van der Waals surface area contributed by atoms with E-state index < -0.39 is 0 Å². The summed E-state index contributed by atoms with van der Waals surface area (Å²) in [5.74, 6) is 0.676. The van der Waals surface area contributed by atoms with Crippen LogP contribution in [-0.2, 0) is 0 Å². The van der Waals surface area contributed by atoms with Gasteiger partial charge < -0.3 is 4.42 Å². The molecule has 0 N–H and O–H groups in total. The van der Waals surface area contributed by atoms with Crippen molar-refractivity contribution in [3.05, 3.63) is 176 Å². The highest BCUT2D eigenvalue weighted by Gasteiger charge is 2.17. The van der Waals surface area contributed by atoms with E-state index in [2.05, 4.69) is 126 Å². The van der Waals surface area contributed by atoms with E-state index in [-0.39, 0.29) is 0 Å². The Hall–Kier alpha value is -6.65. The first-order valence-corrected chi connectivity index (χ1v) is 16.3. The van der Waals surface area contributed by atoms with Crippen LogP contribution in [0.5, 0.6) is 0 Å². The first-order chi connectivity index (χ1) is 24.3. The summed E-state index contributed by atoms with van der Waals surface area (Å²) in [4.78, 5) is 14.6. The van der Waals surface area contributed by atoms with Gasteiger partial charge in [0.05, 0.1) is 11.4 Å². The normalized spacial score (nSPS) is 11.3. The van der Waals surface area contributed by atoms with E-state index in [9.17, 15) is 0 Å². The van der Waals surface area contributed by atoms with Gasteiger partial charge in [-0.2, -0.15) is 0 Å². The van der Waals surface area contributed by atoms with Gasteiger partial charge in [0.25, 0.3) is 0 Å². The summed E-state index contributed by atoms with van der Waals surface area (Å²) in [5.41, 5.74) is 12.9. The van der Waals surface area contributed by atoms with Crippen molar-refractivity contribution in [1.82, 2.24) is 15.0 Å². The quantitative estimate of drug-likeness (QED) is 0.184. The molecule has 0 radical (unpaired) electrons. The molecule has 0 fully saturated rings. The van der Waals surface area contributed by atoms with Gasteiger partial charge in [-0.15, -0.1) is 0 Å². The highest BCUT2D eigenvalue weighted by molar-refractivity contribution is 6.09. The van der Waals surface area contributed by atoms with E-state index in [1.165, 1.54) is 0 Å². The zero-order valence-corrected chi connectivity index (χ0v) is 26.5. The monoisotopic (exact) mass is 627 g/mol. The maximum absolute atomic E-state index is 6.50. The molecule has 0 aliphatic carbocycles. The molecule has 0 saturated carbocycles. The van der Waals surface area contributed by atoms with Gasteiger partial charge in [-0.1, -0.05) is 127 Å². The van der Waals surface area contributed by atoms with Gasteiger partial charge in [0.2, 0.25) is 0 Å². The van der Waals surface area contributed by atoms with Crippen LogP contribution in [-0.4, -0.2) is 15.0 Å². The Morgan fingerprint density at radius 3 is 1.78 bits per heavy atom. The van der Waals surface area contributed by atoms with E-state index >= 15 is 0 Å². The van der Waals surface area contributed by atoms with Gasteiger partial charge in [-0.05, 0) is 64.2 Å². The molecule has 4 nitrogen and oxygen atoms in total. The second kappa shape index (κ2) is 12.2. The number of hydrogen-bond acceptors (Lipinski definition) is 4. The third-order valence-electron chi connectivity index (χ3n) is 8.98. The average Bonchev–Trinajstić information content (AvgIpc) is 3.58. The number of furan rings is 1. The summed E-state index contributed by atoms with van der Waals surface area (Å²) in [6, 6.07) is 56.6. The number of fused-ring (bicyclic) bond motifs is 3. The van der Waals surface area contributed by atoms with Crippen LogP contribution in [0.1, 0.15) is 0 Å². The minimum atomic E-state index is 0.676. The fourth-order valence-electron chi connectivity index (χ4n) is 6.53. The van der Waals surface area contributed by atoms with Crippen LogP contribution >= 0.6 is 0 Å². The molecular formula is C45H29N3O. The zero-order valence-electron chi connectivity index (χ0n) is 26.5. The predicted molar refractivity (Wildman–Crippen MR) is 200 cm³/mol. The highest BCUT2D eigenvalue weighted by Crippen LogP contribution is 2.39. The second-order valence-corrected chi connectivity index (χ2v) is 12.1. The highest BCUT2D eigenvalue weighted by atomic mass is 16.3. The van der Waals surface area contributed by atoms with Crippen LogP contribution in [0.3, 0.4) is 0 Å². The molecule has 0 atom stereocenters. The largest absolute Gasteiger partial charge is 0.455 e. The minimum absolute atomic E-state index is 0.676. The van der Waals surface area contributed by atoms with Gasteiger partial charge in [-0.25, -0.2) is 9.97 Å². The van der Waals surface area contributed by atoms with Crippen LogP contribution < -0.4 is 0 Å². The van der Waals surface area contributed by atoms with E-state index in [0.717, 1.165) is 83.4 Å². The Morgan fingerprint density at radius 1 is 0.388 bits per heavy atom. The Balaban J connectivity index is 1.24. The molecule has 0 aliphatic rings. The molecule has 0 bridgehead atoms. The molecule has 0 unspecified atom stereocenters. The molecule has 0 spiro atoms. The van der Waals surface area contributed by atoms with Crippen molar-refractivity contribution >= 4 is 21.9 Å². The van der Waals surface area contributed by atoms with Crippen molar-refractivity contribution in [3.63, 3.8) is 0 Å². The first-order valence-electron chi connectivity index (χ1n) is 16.3. The summed E-state index contributed by atoms with van der Waals surface area (Å²) < 4.78 is 6.50. The molecule has 230 valence electrons. The van der Waals surface area contributed by atoms with Crippen molar-refractivity contribution < 1.29 is 4.42 Å². The number of pyridine rings is 1. The standard InChI is InChI=1S/C45H29N3O/c1-3-11-30(12-4-1)35-25-36(38-17-9-18-40-39-16-7-8-19-43(39)49-44(38)40)27-37(26-35)42-28-41(47-45(48-42)33-13-5-2-6-14-33)32-22-20-31(21-23-32)34-15-10-24-46-29-34/h1-29H. The molecule has 49 heavy (non-hydrogen) atoms. The Morgan fingerprint density at radius 2 is 1.00 bits per heavy atom. The summed E-state index contributed by atoms with van der Waals surface area (Å²) in [7, 11) is 0. The molecule has 6 aromatic carbocycles. The van der Waals surface area contributed by atoms with E-state index in [0.29, 0.717) is 5.82 Å². The summed E-state index contributed by atoms with van der Waals surface area (Å²) >= 11 is 0. The van der Waals surface area contributed by atoms with Gasteiger partial charge in [0, 0.05) is 45.4 Å². The van der Waals surface area contributed by atoms with Crippen molar-refractivity contribution in [2.75, 3.05) is 0 Å². The lowest BCUT2D eigenvalue weighted by molar-refractivity contribution is 0.670. The summed E-state index contributed by atoms with van der Waals surface area (Å²) in [6.07, 6.45) is 3.68. The Kier molecular flexibility index (Phi) is 7.10. The molecule has 9 rings (SSSR count). The number of benzene rings is 6. The number of aromatic nitrogens is 3. The van der Waals surface area contributed by atoms with Crippen molar-refractivity contribution in [3.8, 4) is 67.3 Å². The maximum atomic E-state index is 6.50. The third-order valence-corrected chi connectivity index (χ3v) is 8.98. The van der Waals surface area contributed by atoms with E-state index in [1.54, 1.807) is 6.20 Å². The Bertz CT molecular complexity index is 2580. The van der Waals surface area contributed by atoms with Crippen molar-refractivity contribution in [2.24, 2.45) is 0 Å². The van der Waals surface area contributed by atoms with Gasteiger partial charge in [0.1, 0.15) is 11.2 Å². The number of rotatable bonds is 6. The lowest BCUT2D eigenvalue weighted by Gasteiger charge is -2.13. The fourth-order valence-corrected chi connectivity index (χ4v) is 6.53. The predicted octanol–water partition coefficient (Wildman–Crippen LogP) is 11.8. The molecule has 4 heteroatoms. The number of nitrogens with zero attached hydrogens (tertiary/aromatic N) is 3. The van der Waals surface area contributed by atoms with Crippen LogP contribution in [0, 0.1) is 0 Å². The Labute approximate surface area is 284 Å². The molecular weight excluding hydrogens is 599 g/mol. The van der Waals surface area contributed by atoms with E-state index in [1.807, 2.05) is 48.7 Å².